The zero-order valence-corrected chi connectivity index (χ0v) is 13.1. The summed E-state index contributed by atoms with van der Waals surface area (Å²) in [7, 11) is 1.89. The summed E-state index contributed by atoms with van der Waals surface area (Å²) in [5.41, 5.74) is 8.68. The van der Waals surface area contributed by atoms with Crippen molar-refractivity contribution in [2.75, 3.05) is 0 Å². The van der Waals surface area contributed by atoms with Crippen LogP contribution in [0, 0.1) is 5.82 Å². The summed E-state index contributed by atoms with van der Waals surface area (Å²) in [6, 6.07) is 12.5. The Labute approximate surface area is 130 Å². The molecule has 108 valence electrons. The standard InChI is InChI=1S/C16H15BrFN3/c1-21-15-5-3-2-4-12(15)16(20-21)14(19)9-10-8-11(17)6-7-13(10)18/h2-8,14H,9,19H2,1H3. The maximum Gasteiger partial charge on any atom is 0.126 e. The first kappa shape index (κ1) is 14.2. The van der Waals surface area contributed by atoms with Gasteiger partial charge in [0.2, 0.25) is 0 Å². The van der Waals surface area contributed by atoms with E-state index in [2.05, 4.69) is 21.0 Å². The highest BCUT2D eigenvalue weighted by molar-refractivity contribution is 9.10. The second-order valence-corrected chi connectivity index (χ2v) is 5.99. The van der Waals surface area contributed by atoms with Gasteiger partial charge in [-0.3, -0.25) is 4.68 Å². The molecule has 0 amide bonds. The monoisotopic (exact) mass is 347 g/mol. The van der Waals surface area contributed by atoms with E-state index >= 15 is 0 Å². The van der Waals surface area contributed by atoms with Gasteiger partial charge in [0, 0.05) is 16.9 Å². The van der Waals surface area contributed by atoms with Crippen molar-refractivity contribution in [3.05, 3.63) is 64.0 Å². The molecule has 0 bridgehead atoms. The molecule has 1 unspecified atom stereocenters. The second kappa shape index (κ2) is 5.58. The molecule has 3 nitrogen and oxygen atoms in total. The number of hydrogen-bond acceptors (Lipinski definition) is 2. The lowest BCUT2D eigenvalue weighted by Crippen LogP contribution is -2.15. The number of rotatable bonds is 3. The zero-order valence-electron chi connectivity index (χ0n) is 11.6. The minimum atomic E-state index is -0.347. The van der Waals surface area contributed by atoms with Crippen molar-refractivity contribution in [3.63, 3.8) is 0 Å². The predicted molar refractivity (Wildman–Crippen MR) is 85.4 cm³/mol. The molecule has 2 N–H and O–H groups in total. The number of nitrogens with zero attached hydrogens (tertiary/aromatic N) is 2. The molecular formula is C16H15BrFN3. The van der Waals surface area contributed by atoms with Crippen LogP contribution in [0.2, 0.25) is 0 Å². The molecule has 1 aromatic heterocycles. The number of aryl methyl sites for hydroxylation is 1. The molecule has 0 saturated carbocycles. The number of aromatic nitrogens is 2. The molecule has 0 aliphatic rings. The fourth-order valence-corrected chi connectivity index (χ4v) is 2.96. The van der Waals surface area contributed by atoms with Gasteiger partial charge in [0.25, 0.3) is 0 Å². The Morgan fingerprint density at radius 3 is 2.86 bits per heavy atom. The van der Waals surface area contributed by atoms with Crippen LogP contribution >= 0.6 is 15.9 Å². The van der Waals surface area contributed by atoms with Gasteiger partial charge >= 0.3 is 0 Å². The van der Waals surface area contributed by atoms with Crippen LogP contribution in [0.25, 0.3) is 10.9 Å². The molecule has 0 aliphatic carbocycles. The third kappa shape index (κ3) is 2.71. The van der Waals surface area contributed by atoms with E-state index in [1.54, 1.807) is 12.1 Å². The van der Waals surface area contributed by atoms with Crippen molar-refractivity contribution in [3.8, 4) is 0 Å². The van der Waals surface area contributed by atoms with Crippen LogP contribution in [0.15, 0.2) is 46.9 Å². The first-order valence-electron chi connectivity index (χ1n) is 6.67. The quantitative estimate of drug-likeness (QED) is 0.784. The fourth-order valence-electron chi connectivity index (χ4n) is 2.55. The van der Waals surface area contributed by atoms with E-state index in [1.165, 1.54) is 6.07 Å². The van der Waals surface area contributed by atoms with E-state index in [9.17, 15) is 4.39 Å². The van der Waals surface area contributed by atoms with E-state index in [1.807, 2.05) is 36.0 Å². The summed E-state index contributed by atoms with van der Waals surface area (Å²) < 4.78 is 16.5. The average Bonchev–Trinajstić information content (AvgIpc) is 2.81. The molecule has 5 heteroatoms. The van der Waals surface area contributed by atoms with Gasteiger partial charge < -0.3 is 5.73 Å². The van der Waals surface area contributed by atoms with Gasteiger partial charge in [0.05, 0.1) is 17.3 Å². The maximum absolute atomic E-state index is 13.9. The predicted octanol–water partition coefficient (Wildman–Crippen LogP) is 3.72. The lowest BCUT2D eigenvalue weighted by molar-refractivity contribution is 0.586. The Balaban J connectivity index is 1.97. The first-order chi connectivity index (χ1) is 10.1. The van der Waals surface area contributed by atoms with E-state index < -0.39 is 0 Å². The molecule has 0 aliphatic heterocycles. The minimum Gasteiger partial charge on any atom is -0.322 e. The first-order valence-corrected chi connectivity index (χ1v) is 7.46. The number of nitrogens with two attached hydrogens (primary N) is 1. The Kier molecular flexibility index (Phi) is 3.78. The summed E-state index contributed by atoms with van der Waals surface area (Å²) in [5, 5.41) is 5.51. The van der Waals surface area contributed by atoms with Gasteiger partial charge in [-0.25, -0.2) is 4.39 Å². The number of para-hydroxylation sites is 1. The summed E-state index contributed by atoms with van der Waals surface area (Å²) in [6.45, 7) is 0. The smallest absolute Gasteiger partial charge is 0.126 e. The molecule has 21 heavy (non-hydrogen) atoms. The SMILES string of the molecule is Cn1nc(C(N)Cc2cc(Br)ccc2F)c2ccccc21. The van der Waals surface area contributed by atoms with Crippen LogP contribution in [0.4, 0.5) is 4.39 Å². The van der Waals surface area contributed by atoms with Crippen LogP contribution in [0.1, 0.15) is 17.3 Å². The third-order valence-electron chi connectivity index (χ3n) is 3.59. The summed E-state index contributed by atoms with van der Waals surface area (Å²) in [6.07, 6.45) is 0.409. The number of fused-ring (bicyclic) bond motifs is 1. The van der Waals surface area contributed by atoms with E-state index in [-0.39, 0.29) is 11.9 Å². The average molecular weight is 348 g/mol. The third-order valence-corrected chi connectivity index (χ3v) is 4.08. The number of halogens is 2. The van der Waals surface area contributed by atoms with E-state index in [4.69, 9.17) is 5.73 Å². The topological polar surface area (TPSA) is 43.8 Å². The molecule has 2 aromatic carbocycles. The van der Waals surface area contributed by atoms with E-state index in [0.717, 1.165) is 21.1 Å². The highest BCUT2D eigenvalue weighted by atomic mass is 79.9. The number of hydrogen-bond donors (Lipinski definition) is 1. The summed E-state index contributed by atoms with van der Waals surface area (Å²) in [4.78, 5) is 0. The van der Waals surface area contributed by atoms with Crippen molar-refractivity contribution in [2.24, 2.45) is 12.8 Å². The van der Waals surface area contributed by atoms with Gasteiger partial charge in [0.15, 0.2) is 0 Å². The fraction of sp³-hybridized carbons (Fsp3) is 0.188. The van der Waals surface area contributed by atoms with Crippen molar-refractivity contribution in [1.29, 1.82) is 0 Å². The van der Waals surface area contributed by atoms with Crippen molar-refractivity contribution in [1.82, 2.24) is 9.78 Å². The van der Waals surface area contributed by atoms with Crippen molar-refractivity contribution in [2.45, 2.75) is 12.5 Å². The highest BCUT2D eigenvalue weighted by Gasteiger charge is 2.17. The summed E-state index contributed by atoms with van der Waals surface area (Å²) in [5.74, 6) is -0.242. The normalized spacial score (nSPS) is 12.8. The van der Waals surface area contributed by atoms with Gasteiger partial charge in [-0.2, -0.15) is 5.10 Å². The van der Waals surface area contributed by atoms with E-state index in [0.29, 0.717) is 12.0 Å². The minimum absolute atomic E-state index is 0.242. The Bertz CT molecular complexity index is 797. The Hall–Kier alpha value is -1.72. The van der Waals surface area contributed by atoms with Gasteiger partial charge in [-0.15, -0.1) is 0 Å². The van der Waals surface area contributed by atoms with Crippen molar-refractivity contribution >= 4 is 26.8 Å². The molecule has 0 radical (unpaired) electrons. The van der Waals surface area contributed by atoms with Crippen LogP contribution in [0.5, 0.6) is 0 Å². The lowest BCUT2D eigenvalue weighted by atomic mass is 10.0. The Morgan fingerprint density at radius 1 is 1.29 bits per heavy atom. The molecular weight excluding hydrogens is 333 g/mol. The Morgan fingerprint density at radius 2 is 2.05 bits per heavy atom. The van der Waals surface area contributed by atoms with Gasteiger partial charge in [-0.05, 0) is 36.2 Å². The molecule has 3 rings (SSSR count). The lowest BCUT2D eigenvalue weighted by Gasteiger charge is -2.11. The zero-order chi connectivity index (χ0) is 15.0. The van der Waals surface area contributed by atoms with Crippen LogP contribution in [0.3, 0.4) is 0 Å². The molecule has 0 spiro atoms. The van der Waals surface area contributed by atoms with Crippen LogP contribution < -0.4 is 5.73 Å². The van der Waals surface area contributed by atoms with Gasteiger partial charge in [0.1, 0.15) is 5.82 Å². The van der Waals surface area contributed by atoms with Crippen molar-refractivity contribution < 1.29 is 4.39 Å². The molecule has 0 fully saturated rings. The maximum atomic E-state index is 13.9. The van der Waals surface area contributed by atoms with Crippen LogP contribution in [-0.2, 0) is 13.5 Å². The molecule has 3 aromatic rings. The summed E-state index contributed by atoms with van der Waals surface area (Å²) >= 11 is 3.36. The van der Waals surface area contributed by atoms with Gasteiger partial charge in [-0.1, -0.05) is 34.1 Å². The highest BCUT2D eigenvalue weighted by Crippen LogP contribution is 2.26. The molecule has 0 saturated heterocycles. The largest absolute Gasteiger partial charge is 0.322 e. The number of benzene rings is 2. The molecule has 1 atom stereocenters. The van der Waals surface area contributed by atoms with Crippen LogP contribution in [-0.4, -0.2) is 9.78 Å². The second-order valence-electron chi connectivity index (χ2n) is 5.07. The molecule has 1 heterocycles.